The molecule has 0 amide bonds. The maximum Gasteiger partial charge on any atom is 0.488 e. The number of nitrogens with one attached hydrogen (secondary N) is 1. The molecular formula is C27H21FN4O4S. The average Bonchev–Trinajstić information content (AvgIpc) is 3.61. The molecule has 3 heterocycles. The molecule has 5 aromatic rings. The van der Waals surface area contributed by atoms with Gasteiger partial charge in [0.1, 0.15) is 5.65 Å². The first kappa shape index (κ1) is 23.2. The van der Waals surface area contributed by atoms with Crippen LogP contribution >= 0.6 is 0 Å². The molecule has 3 aromatic heterocycles. The number of nitriles is 1. The molecule has 8 nitrogen and oxygen atoms in total. The topological polar surface area (TPSA) is 118 Å². The zero-order valence-corrected chi connectivity index (χ0v) is 20.8. The zero-order valence-electron chi connectivity index (χ0n) is 19.9. The van der Waals surface area contributed by atoms with E-state index in [-0.39, 0.29) is 23.1 Å². The summed E-state index contributed by atoms with van der Waals surface area (Å²) >= 11 is 0. The van der Waals surface area contributed by atoms with Crippen LogP contribution in [0.15, 0.2) is 53.6 Å². The summed E-state index contributed by atoms with van der Waals surface area (Å²) in [6.45, 7) is 4.00. The van der Waals surface area contributed by atoms with Crippen molar-refractivity contribution >= 4 is 43.3 Å². The minimum absolute atomic E-state index is 0.0134. The second kappa shape index (κ2) is 8.15. The van der Waals surface area contributed by atoms with E-state index in [0.29, 0.717) is 27.5 Å². The van der Waals surface area contributed by atoms with Crippen molar-refractivity contribution in [2.45, 2.75) is 38.6 Å². The van der Waals surface area contributed by atoms with Gasteiger partial charge in [-0.15, -0.1) is 0 Å². The third kappa shape index (κ3) is 3.92. The van der Waals surface area contributed by atoms with Gasteiger partial charge in [-0.2, -0.15) is 13.7 Å². The minimum Gasteiger partial charge on any atom is -0.357 e. The van der Waals surface area contributed by atoms with Crippen LogP contribution in [0.4, 0.5) is 3.89 Å². The first-order chi connectivity index (χ1) is 17.6. The lowest BCUT2D eigenvalue weighted by atomic mass is 9.91. The Bertz CT molecular complexity index is 1960. The van der Waals surface area contributed by atoms with Gasteiger partial charge in [-0.1, -0.05) is 23.8 Å². The number of hydrogen-bond acceptors (Lipinski definition) is 6. The first-order valence-corrected chi connectivity index (χ1v) is 13.1. The summed E-state index contributed by atoms with van der Waals surface area (Å²) in [6, 6.07) is 12.8. The Morgan fingerprint density at radius 3 is 2.62 bits per heavy atom. The zero-order chi connectivity index (χ0) is 26.1. The summed E-state index contributed by atoms with van der Waals surface area (Å²) in [5, 5.41) is 11.3. The molecule has 6 rings (SSSR count). The fourth-order valence-corrected chi connectivity index (χ4v) is 5.39. The molecular weight excluding hydrogens is 495 g/mol. The number of benzene rings is 2. The summed E-state index contributed by atoms with van der Waals surface area (Å²) in [7, 11) is -5.20. The molecule has 1 fully saturated rings. The number of H-pyrrole nitrogens is 1. The first-order valence-electron chi connectivity index (χ1n) is 11.8. The van der Waals surface area contributed by atoms with Gasteiger partial charge in [0.25, 0.3) is 0 Å². The molecule has 0 spiro atoms. The molecule has 1 aliphatic carbocycles. The lowest BCUT2D eigenvalue weighted by Crippen LogP contribution is -2.11. The van der Waals surface area contributed by atoms with Crippen molar-refractivity contribution in [1.29, 1.82) is 5.26 Å². The standard InChI is InChI=1S/C27H21FN4O4S/c1-14(2)20-9-22-24(10-21(20)16-8-18(13-30-12-16)36-37(28,34)35)32(17-4-5-17)27-25(26(22)33)19-6-3-15(11-29)7-23(19)31-27/h3,6-10,12-14,17,31H,4-5H2,1-2H3. The molecule has 37 heavy (non-hydrogen) atoms. The number of nitrogens with zero attached hydrogens (tertiary/aromatic N) is 3. The molecule has 0 radical (unpaired) electrons. The van der Waals surface area contributed by atoms with E-state index in [9.17, 15) is 22.4 Å². The van der Waals surface area contributed by atoms with Crippen molar-refractivity contribution in [2.75, 3.05) is 0 Å². The highest BCUT2D eigenvalue weighted by Gasteiger charge is 2.29. The molecule has 10 heteroatoms. The van der Waals surface area contributed by atoms with Crippen LogP contribution in [-0.4, -0.2) is 23.0 Å². The van der Waals surface area contributed by atoms with Crippen molar-refractivity contribution in [3.63, 3.8) is 0 Å². The van der Waals surface area contributed by atoms with Gasteiger partial charge in [0.15, 0.2) is 11.2 Å². The van der Waals surface area contributed by atoms with Gasteiger partial charge < -0.3 is 13.7 Å². The summed E-state index contributed by atoms with van der Waals surface area (Å²) in [5.41, 5.74) is 4.70. The molecule has 0 aliphatic heterocycles. The van der Waals surface area contributed by atoms with E-state index in [1.165, 1.54) is 6.07 Å². The van der Waals surface area contributed by atoms with Crippen LogP contribution in [0.5, 0.6) is 5.75 Å². The van der Waals surface area contributed by atoms with Crippen LogP contribution in [-0.2, 0) is 10.5 Å². The van der Waals surface area contributed by atoms with Crippen molar-refractivity contribution in [1.82, 2.24) is 14.5 Å². The van der Waals surface area contributed by atoms with E-state index >= 15 is 0 Å². The molecule has 0 atom stereocenters. The van der Waals surface area contributed by atoms with Crippen LogP contribution in [0.3, 0.4) is 0 Å². The molecule has 0 unspecified atom stereocenters. The highest BCUT2D eigenvalue weighted by molar-refractivity contribution is 7.81. The Balaban J connectivity index is 1.70. The molecule has 0 bridgehead atoms. The molecule has 0 saturated heterocycles. The number of pyridine rings is 2. The average molecular weight is 517 g/mol. The normalized spacial score (nSPS) is 14.0. The van der Waals surface area contributed by atoms with E-state index in [1.54, 1.807) is 18.3 Å². The second-order valence-corrected chi connectivity index (χ2v) is 10.6. The Labute approximate surface area is 211 Å². The third-order valence-electron chi connectivity index (χ3n) is 6.80. The largest absolute Gasteiger partial charge is 0.488 e. The van der Waals surface area contributed by atoms with Gasteiger partial charge in [-0.3, -0.25) is 9.78 Å². The lowest BCUT2D eigenvalue weighted by Gasteiger charge is -2.18. The quantitative estimate of drug-likeness (QED) is 0.303. The van der Waals surface area contributed by atoms with Gasteiger partial charge in [-0.05, 0) is 60.2 Å². The second-order valence-electron chi connectivity index (χ2n) is 9.65. The number of rotatable bonds is 5. The smallest absolute Gasteiger partial charge is 0.357 e. The van der Waals surface area contributed by atoms with Crippen LogP contribution in [0, 0.1) is 11.3 Å². The number of aromatic nitrogens is 3. The highest BCUT2D eigenvalue weighted by Crippen LogP contribution is 2.42. The van der Waals surface area contributed by atoms with Gasteiger partial charge in [-0.25, -0.2) is 0 Å². The lowest BCUT2D eigenvalue weighted by molar-refractivity contribution is 0.439. The number of aromatic amines is 1. The van der Waals surface area contributed by atoms with E-state index < -0.39 is 10.5 Å². The van der Waals surface area contributed by atoms with Crippen molar-refractivity contribution in [3.05, 3.63) is 70.1 Å². The summed E-state index contributed by atoms with van der Waals surface area (Å²) in [6.07, 6.45) is 4.61. The monoisotopic (exact) mass is 516 g/mol. The maximum atomic E-state index is 13.9. The van der Waals surface area contributed by atoms with Gasteiger partial charge >= 0.3 is 10.5 Å². The Morgan fingerprint density at radius 1 is 1.16 bits per heavy atom. The van der Waals surface area contributed by atoms with Gasteiger partial charge in [0.05, 0.1) is 28.7 Å². The summed E-state index contributed by atoms with van der Waals surface area (Å²) in [5.74, 6) is -0.228. The van der Waals surface area contributed by atoms with Crippen molar-refractivity contribution < 1.29 is 16.5 Å². The molecule has 1 saturated carbocycles. The van der Waals surface area contributed by atoms with Gasteiger partial charge in [0.2, 0.25) is 0 Å². The Kier molecular flexibility index (Phi) is 5.10. The molecule has 1 N–H and O–H groups in total. The highest BCUT2D eigenvalue weighted by atomic mass is 32.3. The molecule has 186 valence electrons. The minimum atomic E-state index is -5.20. The predicted molar refractivity (Wildman–Crippen MR) is 139 cm³/mol. The molecule has 1 aliphatic rings. The third-order valence-corrected chi connectivity index (χ3v) is 7.19. The van der Waals surface area contributed by atoms with E-state index in [2.05, 4.69) is 24.8 Å². The van der Waals surface area contributed by atoms with E-state index in [1.807, 2.05) is 32.0 Å². The Hall–Kier alpha value is -4.23. The fraction of sp³-hybridized carbons (Fsp3) is 0.222. The fourth-order valence-electron chi connectivity index (χ4n) is 5.07. The maximum absolute atomic E-state index is 13.9. The summed E-state index contributed by atoms with van der Waals surface area (Å²) < 4.78 is 41.8. The van der Waals surface area contributed by atoms with Crippen LogP contribution < -0.4 is 9.61 Å². The SMILES string of the molecule is CC(C)c1cc2c(=O)c3c4ccc(C#N)cc4[nH]c3n(C3CC3)c2cc1-c1cncc(OS(=O)(=O)F)c1. The number of hydrogen-bond donors (Lipinski definition) is 1. The number of halogens is 1. The van der Waals surface area contributed by atoms with Crippen LogP contribution in [0.25, 0.3) is 44.0 Å². The number of fused-ring (bicyclic) bond motifs is 4. The molecule has 2 aromatic carbocycles. The Morgan fingerprint density at radius 2 is 1.95 bits per heavy atom. The van der Waals surface area contributed by atoms with Crippen molar-refractivity contribution in [2.24, 2.45) is 0 Å². The van der Waals surface area contributed by atoms with Crippen molar-refractivity contribution in [3.8, 4) is 22.9 Å². The summed E-state index contributed by atoms with van der Waals surface area (Å²) in [4.78, 5) is 21.3. The van der Waals surface area contributed by atoms with E-state index in [4.69, 9.17) is 0 Å². The van der Waals surface area contributed by atoms with Crippen LogP contribution in [0.2, 0.25) is 0 Å². The van der Waals surface area contributed by atoms with Crippen LogP contribution in [0.1, 0.15) is 49.8 Å². The predicted octanol–water partition coefficient (Wildman–Crippen LogP) is 5.62. The van der Waals surface area contributed by atoms with Gasteiger partial charge in [0, 0.05) is 34.1 Å². The van der Waals surface area contributed by atoms with E-state index in [0.717, 1.165) is 46.6 Å².